The summed E-state index contributed by atoms with van der Waals surface area (Å²) in [5.41, 5.74) is 8.09. The van der Waals surface area contributed by atoms with Gasteiger partial charge in [-0.1, -0.05) is 72.2 Å². The summed E-state index contributed by atoms with van der Waals surface area (Å²) in [5, 5.41) is 9.52. The smallest absolute Gasteiger partial charge is 0.338 e. The van der Waals surface area contributed by atoms with Gasteiger partial charge in [0, 0.05) is 16.5 Å². The number of ether oxygens (including phenoxy) is 2. The van der Waals surface area contributed by atoms with Gasteiger partial charge < -0.3 is 14.8 Å². The highest BCUT2D eigenvalue weighted by Crippen LogP contribution is 2.38. The van der Waals surface area contributed by atoms with E-state index in [2.05, 4.69) is 38.2 Å². The molecule has 1 atom stereocenters. The lowest BCUT2D eigenvalue weighted by molar-refractivity contribution is -0.146. The molecule has 45 heavy (non-hydrogen) atoms. The number of halogens is 1. The number of carbonyl (C=O) groups is 1. The first-order valence-electron chi connectivity index (χ1n) is 15.6. The number of aryl methyl sites for hydroxylation is 3. The molecule has 6 rings (SSSR count). The van der Waals surface area contributed by atoms with E-state index in [-0.39, 0.29) is 12.1 Å². The van der Waals surface area contributed by atoms with Crippen molar-refractivity contribution in [3.8, 4) is 5.75 Å². The maximum atomic E-state index is 13.8. The molecule has 1 unspecified atom stereocenters. The third-order valence-electron chi connectivity index (χ3n) is 8.74. The topological polar surface area (TPSA) is 78.3 Å². The van der Waals surface area contributed by atoms with Crippen LogP contribution in [0.2, 0.25) is 5.02 Å². The lowest BCUT2D eigenvalue weighted by atomic mass is 9.95. The Kier molecular flexibility index (Phi) is 9.52. The Labute approximate surface area is 274 Å². The number of nitrogens with one attached hydrogen (secondary N) is 1. The Morgan fingerprint density at radius 3 is 2.44 bits per heavy atom. The van der Waals surface area contributed by atoms with Crippen molar-refractivity contribution in [1.29, 1.82) is 0 Å². The molecule has 0 saturated heterocycles. The van der Waals surface area contributed by atoms with Crippen LogP contribution in [0.3, 0.4) is 0 Å². The van der Waals surface area contributed by atoms with E-state index >= 15 is 0 Å². The summed E-state index contributed by atoms with van der Waals surface area (Å²) in [7, 11) is 0. The van der Waals surface area contributed by atoms with Crippen LogP contribution in [0.1, 0.15) is 78.5 Å². The number of esters is 1. The van der Waals surface area contributed by atoms with Crippen molar-refractivity contribution < 1.29 is 14.3 Å². The monoisotopic (exact) mass is 642 g/mol. The number of allylic oxidation sites excluding steroid dienone is 1. The van der Waals surface area contributed by atoms with Gasteiger partial charge >= 0.3 is 5.97 Å². The lowest BCUT2D eigenvalue weighted by Gasteiger charge is -2.30. The van der Waals surface area contributed by atoms with Crippen molar-refractivity contribution in [1.82, 2.24) is 14.8 Å². The average Bonchev–Trinajstić information content (AvgIpc) is 3.44. The molecule has 2 heterocycles. The van der Waals surface area contributed by atoms with Gasteiger partial charge in [-0.3, -0.25) is 0 Å². The fourth-order valence-corrected chi connectivity index (χ4v) is 7.12. The SMILES string of the molecule is CC1=C(C(=O)OC2CCCCC2)C(c2ccc(OCc3cc(C)c(C)cc3C)cc2)n2nc(SCc3ccccc3Cl)nc2N1. The lowest BCUT2D eigenvalue weighted by Crippen LogP contribution is -2.32. The molecule has 0 bridgehead atoms. The van der Waals surface area contributed by atoms with E-state index in [1.807, 2.05) is 55.5 Å². The van der Waals surface area contributed by atoms with Crippen molar-refractivity contribution >= 4 is 35.3 Å². The van der Waals surface area contributed by atoms with Crippen LogP contribution in [0, 0.1) is 20.8 Å². The minimum Gasteiger partial charge on any atom is -0.489 e. The molecule has 1 aliphatic carbocycles. The minimum atomic E-state index is -0.504. The number of thioether (sulfide) groups is 1. The van der Waals surface area contributed by atoms with Gasteiger partial charge in [0.25, 0.3) is 0 Å². The number of hydrogen-bond acceptors (Lipinski definition) is 7. The van der Waals surface area contributed by atoms with Gasteiger partial charge in [-0.15, -0.1) is 5.10 Å². The average molecular weight is 643 g/mol. The molecular formula is C36H39ClN4O3S. The van der Waals surface area contributed by atoms with Crippen molar-refractivity contribution in [3.05, 3.63) is 110 Å². The van der Waals surface area contributed by atoms with Crippen LogP contribution < -0.4 is 10.1 Å². The molecule has 4 aromatic rings. The van der Waals surface area contributed by atoms with E-state index in [1.165, 1.54) is 40.4 Å². The van der Waals surface area contributed by atoms with Gasteiger partial charge in [-0.25, -0.2) is 9.48 Å². The molecule has 3 aromatic carbocycles. The number of benzene rings is 3. The second-order valence-corrected chi connectivity index (χ2v) is 13.3. The number of fused-ring (bicyclic) bond motifs is 1. The third kappa shape index (κ3) is 7.07. The second-order valence-electron chi connectivity index (χ2n) is 12.0. The number of anilines is 1. The van der Waals surface area contributed by atoms with Crippen LogP contribution >= 0.6 is 23.4 Å². The van der Waals surface area contributed by atoms with Crippen molar-refractivity contribution in [3.63, 3.8) is 0 Å². The second kappa shape index (κ2) is 13.7. The van der Waals surface area contributed by atoms with Gasteiger partial charge in [0.05, 0.1) is 5.57 Å². The molecule has 0 radical (unpaired) electrons. The van der Waals surface area contributed by atoms with E-state index in [4.69, 9.17) is 31.2 Å². The first-order chi connectivity index (χ1) is 21.8. The molecule has 1 fully saturated rings. The zero-order valence-electron chi connectivity index (χ0n) is 26.2. The summed E-state index contributed by atoms with van der Waals surface area (Å²) in [4.78, 5) is 18.6. The van der Waals surface area contributed by atoms with E-state index in [1.54, 1.807) is 4.68 Å². The molecule has 1 N–H and O–H groups in total. The number of nitrogens with zero attached hydrogens (tertiary/aromatic N) is 3. The van der Waals surface area contributed by atoms with Crippen LogP contribution in [-0.4, -0.2) is 26.8 Å². The first kappa shape index (κ1) is 31.2. The summed E-state index contributed by atoms with van der Waals surface area (Å²) >= 11 is 7.90. The van der Waals surface area contributed by atoms with Crippen molar-refractivity contribution in [2.75, 3.05) is 5.32 Å². The number of hydrogen-bond donors (Lipinski definition) is 1. The molecule has 7 nitrogen and oxygen atoms in total. The molecule has 1 aliphatic heterocycles. The Morgan fingerprint density at radius 2 is 1.69 bits per heavy atom. The van der Waals surface area contributed by atoms with Gasteiger partial charge in [0.1, 0.15) is 24.5 Å². The highest BCUT2D eigenvalue weighted by atomic mass is 35.5. The first-order valence-corrected chi connectivity index (χ1v) is 16.9. The molecule has 9 heteroatoms. The van der Waals surface area contributed by atoms with Gasteiger partial charge in [0.2, 0.25) is 11.1 Å². The molecule has 0 spiro atoms. The summed E-state index contributed by atoms with van der Waals surface area (Å²) in [6.07, 6.45) is 5.10. The van der Waals surface area contributed by atoms with E-state index < -0.39 is 6.04 Å². The largest absolute Gasteiger partial charge is 0.489 e. The molecule has 234 valence electrons. The number of carbonyl (C=O) groups excluding carboxylic acids is 1. The Morgan fingerprint density at radius 1 is 0.956 bits per heavy atom. The fraction of sp³-hybridized carbons (Fsp3) is 0.361. The summed E-state index contributed by atoms with van der Waals surface area (Å²) in [6, 6.07) is 19.6. The van der Waals surface area contributed by atoms with Crippen molar-refractivity contribution in [2.24, 2.45) is 0 Å². The summed E-state index contributed by atoms with van der Waals surface area (Å²) in [5.74, 6) is 1.66. The molecule has 0 amide bonds. The van der Waals surface area contributed by atoms with Gasteiger partial charge in [-0.05, 0) is 105 Å². The minimum absolute atomic E-state index is 0.0595. The third-order valence-corrected chi connectivity index (χ3v) is 9.99. The zero-order valence-corrected chi connectivity index (χ0v) is 27.8. The zero-order chi connectivity index (χ0) is 31.5. The molecule has 1 saturated carbocycles. The van der Waals surface area contributed by atoms with Crippen LogP contribution in [0.4, 0.5) is 5.95 Å². The fourth-order valence-electron chi connectivity index (χ4n) is 6.00. The quantitative estimate of drug-likeness (QED) is 0.144. The number of aromatic nitrogens is 3. The Hall–Kier alpha value is -3.75. The van der Waals surface area contributed by atoms with Gasteiger partial charge in [0.15, 0.2) is 0 Å². The standard InChI is InChI=1S/C36H39ClN4O3S/c1-22-18-24(3)28(19-23(22)2)20-43-29-16-14-26(15-17-29)33-32(34(42)44-30-11-6-5-7-12-30)25(4)38-35-39-36(40-41(33)35)45-21-27-10-8-9-13-31(27)37/h8-10,13-19,30,33H,5-7,11-12,20-21H2,1-4H3,(H,38,39,40). The summed E-state index contributed by atoms with van der Waals surface area (Å²) in [6.45, 7) is 8.75. The predicted molar refractivity (Wildman–Crippen MR) is 180 cm³/mol. The highest BCUT2D eigenvalue weighted by Gasteiger charge is 2.36. The Bertz CT molecular complexity index is 1730. The molecular weight excluding hydrogens is 604 g/mol. The van der Waals surface area contributed by atoms with Crippen LogP contribution in [0.5, 0.6) is 5.75 Å². The highest BCUT2D eigenvalue weighted by molar-refractivity contribution is 7.98. The predicted octanol–water partition coefficient (Wildman–Crippen LogP) is 8.89. The van der Waals surface area contributed by atoms with Crippen LogP contribution in [-0.2, 0) is 21.9 Å². The summed E-state index contributed by atoms with van der Waals surface area (Å²) < 4.78 is 14.1. The molecule has 1 aromatic heterocycles. The van der Waals surface area contributed by atoms with E-state index in [0.717, 1.165) is 42.6 Å². The van der Waals surface area contributed by atoms with E-state index in [0.29, 0.717) is 39.8 Å². The molecule has 2 aliphatic rings. The van der Waals surface area contributed by atoms with Crippen molar-refractivity contribution in [2.45, 2.75) is 89.5 Å². The van der Waals surface area contributed by atoms with Crippen LogP contribution in [0.15, 0.2) is 77.1 Å². The van der Waals surface area contributed by atoms with Crippen LogP contribution in [0.25, 0.3) is 0 Å². The van der Waals surface area contributed by atoms with E-state index in [9.17, 15) is 4.79 Å². The maximum absolute atomic E-state index is 13.8. The Balaban J connectivity index is 1.27. The number of rotatable bonds is 9. The normalized spacial score (nSPS) is 16.7. The van der Waals surface area contributed by atoms with Gasteiger partial charge in [-0.2, -0.15) is 4.98 Å². The maximum Gasteiger partial charge on any atom is 0.338 e.